The topological polar surface area (TPSA) is 91.4 Å². The number of aromatic nitrogens is 1. The lowest BCUT2D eigenvalue weighted by molar-refractivity contribution is 0.0692. The Labute approximate surface area is 121 Å². The van der Waals surface area contributed by atoms with Crippen molar-refractivity contribution in [2.24, 2.45) is 0 Å². The van der Waals surface area contributed by atoms with Gasteiger partial charge in [0, 0.05) is 11.3 Å². The second-order valence-corrected chi connectivity index (χ2v) is 4.68. The molecule has 0 spiro atoms. The van der Waals surface area contributed by atoms with E-state index in [4.69, 9.17) is 9.84 Å². The molecule has 0 atom stereocenters. The molecular formula is C15H16N2O4. The van der Waals surface area contributed by atoms with E-state index in [1.165, 1.54) is 7.11 Å². The van der Waals surface area contributed by atoms with E-state index in [0.717, 1.165) is 5.56 Å². The first-order chi connectivity index (χ1) is 9.92. The number of ether oxygens (including phenoxy) is 1. The Hall–Kier alpha value is -2.76. The zero-order valence-electron chi connectivity index (χ0n) is 12.0. The van der Waals surface area contributed by atoms with Gasteiger partial charge in [0.2, 0.25) is 0 Å². The lowest BCUT2D eigenvalue weighted by Crippen LogP contribution is -2.14. The van der Waals surface area contributed by atoms with Crippen LogP contribution < -0.4 is 10.1 Å². The molecule has 3 N–H and O–H groups in total. The van der Waals surface area contributed by atoms with Crippen molar-refractivity contribution in [1.82, 2.24) is 4.98 Å². The molecule has 0 saturated heterocycles. The van der Waals surface area contributed by atoms with Gasteiger partial charge in [-0.2, -0.15) is 0 Å². The van der Waals surface area contributed by atoms with E-state index in [9.17, 15) is 9.59 Å². The van der Waals surface area contributed by atoms with Crippen LogP contribution in [0.15, 0.2) is 24.3 Å². The maximum absolute atomic E-state index is 12.2. The lowest BCUT2D eigenvalue weighted by Gasteiger charge is -2.08. The van der Waals surface area contributed by atoms with Crippen molar-refractivity contribution in [3.8, 4) is 5.75 Å². The Kier molecular flexibility index (Phi) is 3.98. The number of carbonyl (C=O) groups is 2. The monoisotopic (exact) mass is 288 g/mol. The molecule has 6 nitrogen and oxygen atoms in total. The number of carbonyl (C=O) groups excluding carboxylic acids is 1. The number of H-pyrrole nitrogens is 1. The standard InChI is InChI=1S/C15H16N2O4/c1-8-4-5-10(7-12(8)21-3)14(18)17-11-6-9(2)16-13(11)15(19)20/h4-7,16H,1-3H3,(H,17,18)(H,19,20). The van der Waals surface area contributed by atoms with Gasteiger partial charge in [-0.3, -0.25) is 4.79 Å². The van der Waals surface area contributed by atoms with Crippen LogP contribution in [0.25, 0.3) is 0 Å². The Bertz CT molecular complexity index is 704. The van der Waals surface area contributed by atoms with E-state index >= 15 is 0 Å². The summed E-state index contributed by atoms with van der Waals surface area (Å²) in [6.07, 6.45) is 0. The lowest BCUT2D eigenvalue weighted by atomic mass is 10.1. The van der Waals surface area contributed by atoms with Gasteiger partial charge in [0.05, 0.1) is 12.8 Å². The molecule has 0 aliphatic heterocycles. The van der Waals surface area contributed by atoms with Crippen LogP contribution >= 0.6 is 0 Å². The quantitative estimate of drug-likeness (QED) is 0.806. The third-order valence-electron chi connectivity index (χ3n) is 3.08. The van der Waals surface area contributed by atoms with Crippen LogP contribution in [-0.4, -0.2) is 29.1 Å². The summed E-state index contributed by atoms with van der Waals surface area (Å²) in [5, 5.41) is 11.7. The molecule has 0 unspecified atom stereocenters. The summed E-state index contributed by atoms with van der Waals surface area (Å²) >= 11 is 0. The van der Waals surface area contributed by atoms with Gasteiger partial charge >= 0.3 is 5.97 Å². The minimum Gasteiger partial charge on any atom is -0.496 e. The number of benzene rings is 1. The predicted octanol–water partition coefficient (Wildman–Crippen LogP) is 2.59. The van der Waals surface area contributed by atoms with Gasteiger partial charge in [0.15, 0.2) is 0 Å². The first-order valence-corrected chi connectivity index (χ1v) is 6.31. The van der Waals surface area contributed by atoms with Crippen LogP contribution in [0.4, 0.5) is 5.69 Å². The summed E-state index contributed by atoms with van der Waals surface area (Å²) < 4.78 is 5.17. The molecule has 2 aromatic rings. The van der Waals surface area contributed by atoms with Crippen LogP contribution in [0.1, 0.15) is 32.1 Å². The van der Waals surface area contributed by atoms with Crippen molar-refractivity contribution < 1.29 is 19.4 Å². The fourth-order valence-electron chi connectivity index (χ4n) is 2.01. The first kappa shape index (κ1) is 14.6. The van der Waals surface area contributed by atoms with Gasteiger partial charge in [-0.1, -0.05) is 6.07 Å². The SMILES string of the molecule is COc1cc(C(=O)Nc2cc(C)[nH]c2C(=O)O)ccc1C. The van der Waals surface area contributed by atoms with Gasteiger partial charge in [0.25, 0.3) is 5.91 Å². The molecule has 6 heteroatoms. The first-order valence-electron chi connectivity index (χ1n) is 6.31. The molecule has 0 bridgehead atoms. The fourth-order valence-corrected chi connectivity index (χ4v) is 2.01. The van der Waals surface area contributed by atoms with Crippen LogP contribution in [0, 0.1) is 13.8 Å². The van der Waals surface area contributed by atoms with Crippen molar-refractivity contribution in [3.05, 3.63) is 46.8 Å². The average Bonchev–Trinajstić information content (AvgIpc) is 2.80. The predicted molar refractivity (Wildman–Crippen MR) is 78.2 cm³/mol. The Morgan fingerprint density at radius 3 is 2.57 bits per heavy atom. The number of aromatic amines is 1. The Morgan fingerprint density at radius 1 is 1.24 bits per heavy atom. The second kappa shape index (κ2) is 5.70. The van der Waals surface area contributed by atoms with Crippen molar-refractivity contribution in [3.63, 3.8) is 0 Å². The molecule has 0 aliphatic rings. The maximum Gasteiger partial charge on any atom is 0.354 e. The summed E-state index contributed by atoms with van der Waals surface area (Å²) in [4.78, 5) is 26.0. The molecule has 110 valence electrons. The number of hydrogen-bond donors (Lipinski definition) is 3. The van der Waals surface area contributed by atoms with E-state index in [1.807, 2.05) is 6.92 Å². The molecule has 0 radical (unpaired) electrons. The normalized spacial score (nSPS) is 10.2. The van der Waals surface area contributed by atoms with Crippen molar-refractivity contribution in [1.29, 1.82) is 0 Å². The summed E-state index contributed by atoms with van der Waals surface area (Å²) in [5.74, 6) is -0.916. The maximum atomic E-state index is 12.2. The molecule has 0 fully saturated rings. The average molecular weight is 288 g/mol. The van der Waals surface area contributed by atoms with Crippen LogP contribution in [0.5, 0.6) is 5.75 Å². The fraction of sp³-hybridized carbons (Fsp3) is 0.200. The van der Waals surface area contributed by atoms with Gasteiger partial charge in [-0.25, -0.2) is 4.79 Å². The number of nitrogens with one attached hydrogen (secondary N) is 2. The van der Waals surface area contributed by atoms with E-state index in [1.54, 1.807) is 31.2 Å². The number of aromatic carboxylic acids is 1. The smallest absolute Gasteiger partial charge is 0.354 e. The molecule has 2 rings (SSSR count). The minimum absolute atomic E-state index is 0.0417. The zero-order valence-corrected chi connectivity index (χ0v) is 12.0. The van der Waals surface area contributed by atoms with Crippen molar-refractivity contribution in [2.45, 2.75) is 13.8 Å². The number of hydrogen-bond acceptors (Lipinski definition) is 3. The number of carboxylic acid groups (broad SMARTS) is 1. The van der Waals surface area contributed by atoms with Gasteiger partial charge in [0.1, 0.15) is 11.4 Å². The van der Waals surface area contributed by atoms with Crippen LogP contribution in [0.2, 0.25) is 0 Å². The van der Waals surface area contributed by atoms with Gasteiger partial charge < -0.3 is 20.1 Å². The molecular weight excluding hydrogens is 272 g/mol. The number of rotatable bonds is 4. The van der Waals surface area contributed by atoms with Gasteiger partial charge in [-0.15, -0.1) is 0 Å². The third-order valence-corrected chi connectivity index (χ3v) is 3.08. The van der Waals surface area contributed by atoms with Crippen LogP contribution in [0.3, 0.4) is 0 Å². The summed E-state index contributed by atoms with van der Waals surface area (Å²) in [7, 11) is 1.53. The third kappa shape index (κ3) is 3.05. The molecule has 1 heterocycles. The summed E-state index contributed by atoms with van der Waals surface area (Å²) in [5.41, 5.74) is 2.17. The highest BCUT2D eigenvalue weighted by Gasteiger charge is 2.16. The Balaban J connectivity index is 2.28. The molecule has 0 saturated carbocycles. The molecule has 1 aromatic carbocycles. The number of anilines is 1. The van der Waals surface area contributed by atoms with Crippen molar-refractivity contribution >= 4 is 17.6 Å². The largest absolute Gasteiger partial charge is 0.496 e. The second-order valence-electron chi connectivity index (χ2n) is 4.68. The van der Waals surface area contributed by atoms with Gasteiger partial charge in [-0.05, 0) is 37.6 Å². The number of amides is 1. The highest BCUT2D eigenvalue weighted by Crippen LogP contribution is 2.21. The van der Waals surface area contributed by atoms with E-state index < -0.39 is 11.9 Å². The highest BCUT2D eigenvalue weighted by molar-refractivity contribution is 6.07. The number of aryl methyl sites for hydroxylation is 2. The van der Waals surface area contributed by atoms with Crippen molar-refractivity contribution in [2.75, 3.05) is 12.4 Å². The zero-order chi connectivity index (χ0) is 15.6. The molecule has 1 amide bonds. The highest BCUT2D eigenvalue weighted by atomic mass is 16.5. The molecule has 0 aliphatic carbocycles. The molecule has 1 aromatic heterocycles. The molecule has 21 heavy (non-hydrogen) atoms. The van der Waals surface area contributed by atoms with E-state index in [0.29, 0.717) is 17.0 Å². The summed E-state index contributed by atoms with van der Waals surface area (Å²) in [6, 6.07) is 6.62. The Morgan fingerprint density at radius 2 is 1.95 bits per heavy atom. The van der Waals surface area contributed by atoms with E-state index in [2.05, 4.69) is 10.3 Å². The summed E-state index contributed by atoms with van der Waals surface area (Å²) in [6.45, 7) is 3.59. The minimum atomic E-state index is -1.13. The van der Waals surface area contributed by atoms with Crippen LogP contribution in [-0.2, 0) is 0 Å². The van der Waals surface area contributed by atoms with E-state index in [-0.39, 0.29) is 11.4 Å². The number of carboxylic acids is 1. The number of methoxy groups -OCH3 is 1.